The van der Waals surface area contributed by atoms with Crippen LogP contribution in [0, 0.1) is 20.8 Å². The van der Waals surface area contributed by atoms with Crippen molar-refractivity contribution in [3.8, 4) is 5.75 Å². The molecule has 2 aromatic heterocycles. The van der Waals surface area contributed by atoms with Crippen molar-refractivity contribution in [1.82, 2.24) is 15.1 Å². The summed E-state index contributed by atoms with van der Waals surface area (Å²) < 4.78 is 9.37. The lowest BCUT2D eigenvalue weighted by molar-refractivity contribution is -0.143. The number of carbonyl (C=O) groups is 4. The Hall–Kier alpha value is -4.81. The Labute approximate surface area is 243 Å². The molecule has 0 aliphatic heterocycles. The van der Waals surface area contributed by atoms with Gasteiger partial charge in [0.15, 0.2) is 0 Å². The molecule has 0 unspecified atom stereocenters. The monoisotopic (exact) mass is 586 g/mol. The van der Waals surface area contributed by atoms with Gasteiger partial charge in [-0.2, -0.15) is 0 Å². The second-order valence-corrected chi connectivity index (χ2v) is 9.02. The molecule has 13 heteroatoms. The number of phenolic OH excluding ortho intramolecular Hbond substituents is 1. The number of esters is 1. The number of rotatable bonds is 11. The van der Waals surface area contributed by atoms with Gasteiger partial charge in [0.25, 0.3) is 5.91 Å². The number of nitrogens with one attached hydrogen (secondary N) is 1. The molecule has 2 heterocycles. The Morgan fingerprint density at radius 3 is 2.17 bits per heavy atom. The van der Waals surface area contributed by atoms with Crippen LogP contribution < -0.4 is 5.32 Å². The SMILES string of the molecule is CCCC(=O)OCC.Cc1cc(C)nc(NC(=O)c2c(C(=O)O)noc2C)n1.O=C(O)CCCCc1cccc(O)c1. The number of hydrogen-bond donors (Lipinski definition) is 4. The van der Waals surface area contributed by atoms with Crippen LogP contribution in [0.1, 0.15) is 89.5 Å². The van der Waals surface area contributed by atoms with Gasteiger partial charge in [-0.25, -0.2) is 14.8 Å². The molecule has 0 aliphatic carbocycles. The summed E-state index contributed by atoms with van der Waals surface area (Å²) in [4.78, 5) is 51.8. The number of aromatic hydroxyl groups is 1. The third-order valence-corrected chi connectivity index (χ3v) is 5.28. The van der Waals surface area contributed by atoms with Crippen molar-refractivity contribution in [2.45, 2.75) is 73.1 Å². The topological polar surface area (TPSA) is 202 Å². The molecule has 3 aromatic rings. The van der Waals surface area contributed by atoms with Crippen LogP contribution in [-0.2, 0) is 20.7 Å². The number of nitrogens with zero attached hydrogens (tertiary/aromatic N) is 3. The first kappa shape index (κ1) is 35.2. The maximum Gasteiger partial charge on any atom is 0.358 e. The van der Waals surface area contributed by atoms with Crippen LogP contribution >= 0.6 is 0 Å². The number of amides is 1. The highest BCUT2D eigenvalue weighted by Gasteiger charge is 2.25. The van der Waals surface area contributed by atoms with Gasteiger partial charge in [-0.05, 0) is 77.1 Å². The van der Waals surface area contributed by atoms with Crippen LogP contribution in [-0.4, -0.2) is 60.9 Å². The van der Waals surface area contributed by atoms with E-state index in [0.29, 0.717) is 30.8 Å². The summed E-state index contributed by atoms with van der Waals surface area (Å²) in [5, 5.41) is 32.3. The van der Waals surface area contributed by atoms with Crippen LogP contribution in [0.2, 0.25) is 0 Å². The number of unbranched alkanes of at least 4 members (excludes halogenated alkanes) is 1. The first-order valence-electron chi connectivity index (χ1n) is 13.4. The van der Waals surface area contributed by atoms with Gasteiger partial charge < -0.3 is 24.6 Å². The predicted octanol–water partition coefficient (Wildman–Crippen LogP) is 4.88. The Morgan fingerprint density at radius 1 is 0.952 bits per heavy atom. The third-order valence-electron chi connectivity index (χ3n) is 5.28. The van der Waals surface area contributed by atoms with E-state index in [4.69, 9.17) is 19.8 Å². The molecule has 0 fully saturated rings. The highest BCUT2D eigenvalue weighted by atomic mass is 16.5. The molecule has 0 saturated heterocycles. The van der Waals surface area contributed by atoms with Gasteiger partial charge in [0.1, 0.15) is 17.1 Å². The van der Waals surface area contributed by atoms with Gasteiger partial charge >= 0.3 is 17.9 Å². The molecule has 13 nitrogen and oxygen atoms in total. The molecular weight excluding hydrogens is 548 g/mol. The van der Waals surface area contributed by atoms with E-state index in [1.807, 2.05) is 19.9 Å². The van der Waals surface area contributed by atoms with Crippen molar-refractivity contribution < 1.29 is 43.8 Å². The Morgan fingerprint density at radius 2 is 1.62 bits per heavy atom. The van der Waals surface area contributed by atoms with Gasteiger partial charge in [-0.15, -0.1) is 0 Å². The first-order chi connectivity index (χ1) is 19.9. The van der Waals surface area contributed by atoms with Crippen molar-refractivity contribution in [3.05, 3.63) is 64.3 Å². The second-order valence-electron chi connectivity index (χ2n) is 9.02. The summed E-state index contributed by atoms with van der Waals surface area (Å²) in [6.07, 6.45) is 3.99. The zero-order valence-corrected chi connectivity index (χ0v) is 24.5. The average Bonchev–Trinajstić information content (AvgIpc) is 3.29. The summed E-state index contributed by atoms with van der Waals surface area (Å²) >= 11 is 0. The summed E-state index contributed by atoms with van der Waals surface area (Å²) in [6.45, 7) is 9.25. The highest BCUT2D eigenvalue weighted by Crippen LogP contribution is 2.16. The van der Waals surface area contributed by atoms with Gasteiger partial charge in [0, 0.05) is 24.2 Å². The number of aromatic carboxylic acids is 1. The number of aromatic nitrogens is 3. The third kappa shape index (κ3) is 13.5. The minimum atomic E-state index is -1.34. The van der Waals surface area contributed by atoms with E-state index in [1.54, 1.807) is 38.1 Å². The first-order valence-corrected chi connectivity index (χ1v) is 13.4. The van der Waals surface area contributed by atoms with Gasteiger partial charge in [-0.3, -0.25) is 19.7 Å². The van der Waals surface area contributed by atoms with E-state index in [2.05, 4.69) is 25.2 Å². The zero-order valence-electron chi connectivity index (χ0n) is 24.5. The van der Waals surface area contributed by atoms with Gasteiger partial charge in [-0.1, -0.05) is 24.2 Å². The number of carbonyl (C=O) groups excluding carboxylic acids is 2. The largest absolute Gasteiger partial charge is 0.508 e. The number of benzene rings is 1. The predicted molar refractivity (Wildman–Crippen MR) is 152 cm³/mol. The fourth-order valence-corrected chi connectivity index (χ4v) is 3.49. The summed E-state index contributed by atoms with van der Waals surface area (Å²) in [6, 6.07) is 8.81. The molecule has 0 bridgehead atoms. The van der Waals surface area contributed by atoms with Gasteiger partial charge in [0.05, 0.1) is 6.61 Å². The highest BCUT2D eigenvalue weighted by molar-refractivity contribution is 6.09. The zero-order chi connectivity index (χ0) is 31.7. The normalized spacial score (nSPS) is 9.93. The lowest BCUT2D eigenvalue weighted by Gasteiger charge is -2.05. The van der Waals surface area contributed by atoms with Crippen LogP contribution in [0.4, 0.5) is 5.95 Å². The lowest BCUT2D eigenvalue weighted by atomic mass is 10.1. The van der Waals surface area contributed by atoms with Crippen LogP contribution in [0.5, 0.6) is 5.75 Å². The molecule has 3 rings (SSSR count). The summed E-state index contributed by atoms with van der Waals surface area (Å²) in [5.41, 5.74) is 1.85. The van der Waals surface area contributed by atoms with E-state index in [9.17, 15) is 19.2 Å². The van der Waals surface area contributed by atoms with Crippen molar-refractivity contribution in [1.29, 1.82) is 0 Å². The number of hydrogen-bond acceptors (Lipinski definition) is 10. The smallest absolute Gasteiger partial charge is 0.358 e. The number of anilines is 1. The lowest BCUT2D eigenvalue weighted by Crippen LogP contribution is -2.18. The molecule has 1 amide bonds. The number of aryl methyl sites for hydroxylation is 4. The minimum absolute atomic E-state index is 0.0880. The molecule has 228 valence electrons. The number of carboxylic acids is 2. The number of carboxylic acid groups (broad SMARTS) is 2. The minimum Gasteiger partial charge on any atom is -0.508 e. The quantitative estimate of drug-likeness (QED) is 0.175. The van der Waals surface area contributed by atoms with Crippen LogP contribution in [0.25, 0.3) is 0 Å². The average molecular weight is 587 g/mol. The van der Waals surface area contributed by atoms with Crippen molar-refractivity contribution in [2.24, 2.45) is 0 Å². The molecule has 42 heavy (non-hydrogen) atoms. The van der Waals surface area contributed by atoms with E-state index in [1.165, 1.54) is 6.92 Å². The molecule has 0 radical (unpaired) electrons. The molecule has 4 N–H and O–H groups in total. The Kier molecular flexibility index (Phi) is 15.5. The second kappa shape index (κ2) is 18.5. The molecular formula is C29H38N4O9. The van der Waals surface area contributed by atoms with Gasteiger partial charge in [0.2, 0.25) is 11.6 Å². The van der Waals surface area contributed by atoms with E-state index < -0.39 is 23.5 Å². The van der Waals surface area contributed by atoms with Crippen molar-refractivity contribution >= 4 is 29.8 Å². The molecule has 0 spiro atoms. The van der Waals surface area contributed by atoms with Crippen molar-refractivity contribution in [2.75, 3.05) is 11.9 Å². The maximum atomic E-state index is 12.1. The Bertz CT molecular complexity index is 1310. The molecule has 0 atom stereocenters. The number of aliphatic carboxylic acids is 1. The fraction of sp³-hybridized carbons (Fsp3) is 0.414. The molecule has 0 saturated carbocycles. The van der Waals surface area contributed by atoms with E-state index in [-0.39, 0.29) is 35.4 Å². The molecule has 0 aliphatic rings. The maximum absolute atomic E-state index is 12.1. The van der Waals surface area contributed by atoms with E-state index >= 15 is 0 Å². The van der Waals surface area contributed by atoms with Crippen LogP contribution in [0.15, 0.2) is 34.9 Å². The summed E-state index contributed by atoms with van der Waals surface area (Å²) in [7, 11) is 0. The fourth-order valence-electron chi connectivity index (χ4n) is 3.49. The van der Waals surface area contributed by atoms with Crippen molar-refractivity contribution in [3.63, 3.8) is 0 Å². The standard InChI is InChI=1S/C12H12N4O4.C11H14O3.C6H12O2/c1-5-4-6(2)14-12(13-5)15-10(17)8-7(3)20-16-9(8)11(18)19;12-10-6-3-5-9(8-10)4-1-2-7-11(13)14;1-3-5-6(7)8-4-2/h4H,1-3H3,(H,18,19)(H,13,14,15,17);3,5-6,8,12H,1-2,4,7H2,(H,13,14);3-5H2,1-2H3. The van der Waals surface area contributed by atoms with E-state index in [0.717, 1.165) is 24.8 Å². The Balaban J connectivity index is 0.000000349. The number of phenols is 1. The number of ether oxygens (including phenoxy) is 1. The summed E-state index contributed by atoms with van der Waals surface area (Å²) in [5.74, 6) is -2.37. The molecule has 1 aromatic carbocycles. The van der Waals surface area contributed by atoms with Crippen LogP contribution in [0.3, 0.4) is 0 Å².